The van der Waals surface area contributed by atoms with E-state index in [1.807, 2.05) is 0 Å². The van der Waals surface area contributed by atoms with Gasteiger partial charge in [-0.05, 0) is 18.1 Å². The molecule has 0 atom stereocenters. The molecule has 20 heavy (non-hydrogen) atoms. The van der Waals surface area contributed by atoms with Gasteiger partial charge in [-0.3, -0.25) is 0 Å². The van der Waals surface area contributed by atoms with Gasteiger partial charge in [0.1, 0.15) is 0 Å². The predicted octanol–water partition coefficient (Wildman–Crippen LogP) is 3.15. The zero-order valence-electron chi connectivity index (χ0n) is 10.7. The molecule has 1 rings (SSSR count). The minimum atomic E-state index is -4.66. The smallest absolute Gasteiger partial charge is 0.363 e. The van der Waals surface area contributed by atoms with Gasteiger partial charge < -0.3 is 9.43 Å². The quantitative estimate of drug-likeness (QED) is 0.473. The van der Waals surface area contributed by atoms with Crippen LogP contribution < -0.4 is 0 Å². The first-order chi connectivity index (χ1) is 9.42. The second-order valence-corrected chi connectivity index (χ2v) is 3.62. The summed E-state index contributed by atoms with van der Waals surface area (Å²) >= 11 is 0. The highest BCUT2D eigenvalue weighted by atomic mass is 19.4. The molecule has 0 bridgehead atoms. The molecule has 1 aromatic rings. The SMILES string of the molecule is [B]N=CC(=C/C=C)/C=C(\CC)c1noc(C(F)(F)F)n1. The molecule has 0 aliphatic carbocycles. The topological polar surface area (TPSA) is 51.3 Å². The molecule has 0 fully saturated rings. The van der Waals surface area contributed by atoms with Gasteiger partial charge in [-0.2, -0.15) is 18.2 Å². The van der Waals surface area contributed by atoms with Crippen LogP contribution in [0.5, 0.6) is 0 Å². The third-order valence-corrected chi connectivity index (χ3v) is 2.21. The van der Waals surface area contributed by atoms with Crippen LogP contribution in [-0.2, 0) is 6.18 Å². The Morgan fingerprint density at radius 1 is 1.50 bits per heavy atom. The maximum atomic E-state index is 12.4. The van der Waals surface area contributed by atoms with Crippen LogP contribution in [0.4, 0.5) is 13.2 Å². The van der Waals surface area contributed by atoms with Gasteiger partial charge in [-0.15, -0.1) is 0 Å². The number of aromatic nitrogens is 2. The van der Waals surface area contributed by atoms with Gasteiger partial charge in [-0.25, -0.2) is 0 Å². The highest BCUT2D eigenvalue weighted by Crippen LogP contribution is 2.29. The number of alkyl halides is 3. The number of nitrogens with zero attached hydrogens (tertiary/aromatic N) is 3. The molecule has 0 aromatic carbocycles. The van der Waals surface area contributed by atoms with Crippen LogP contribution in [0, 0.1) is 0 Å². The molecule has 0 saturated carbocycles. The third-order valence-electron chi connectivity index (χ3n) is 2.21. The third kappa shape index (κ3) is 4.22. The van der Waals surface area contributed by atoms with Crippen molar-refractivity contribution in [3.63, 3.8) is 0 Å². The standard InChI is InChI=1S/C12H11BF3N3O/c1-3-5-8(7-17-13)6-9(4-2)10-18-11(20-19-10)12(14,15)16/h3,5-7H,1,4H2,2H3/b8-5+,9-6+,17-7?. The molecule has 4 nitrogen and oxygen atoms in total. The monoisotopic (exact) mass is 281 g/mol. The van der Waals surface area contributed by atoms with Crippen LogP contribution in [0.15, 0.2) is 39.8 Å². The predicted molar refractivity (Wildman–Crippen MR) is 70.1 cm³/mol. The molecule has 8 heteroatoms. The first-order valence-electron chi connectivity index (χ1n) is 5.60. The molecule has 0 saturated heterocycles. The van der Waals surface area contributed by atoms with Crippen molar-refractivity contribution < 1.29 is 17.7 Å². The van der Waals surface area contributed by atoms with Gasteiger partial charge in [0.05, 0.1) is 0 Å². The van der Waals surface area contributed by atoms with Crippen molar-refractivity contribution in [3.05, 3.63) is 42.1 Å². The average molecular weight is 281 g/mol. The summed E-state index contributed by atoms with van der Waals surface area (Å²) in [6, 6.07) is 0. The average Bonchev–Trinajstić information content (AvgIpc) is 2.85. The summed E-state index contributed by atoms with van der Waals surface area (Å²) in [5, 5.41) is 3.32. The van der Waals surface area contributed by atoms with E-state index in [1.54, 1.807) is 19.1 Å². The summed E-state index contributed by atoms with van der Waals surface area (Å²) in [7, 11) is 5.04. The van der Waals surface area contributed by atoms with E-state index < -0.39 is 12.1 Å². The van der Waals surface area contributed by atoms with Crippen molar-refractivity contribution >= 4 is 19.8 Å². The fourth-order valence-corrected chi connectivity index (χ4v) is 1.35. The van der Waals surface area contributed by atoms with Crippen molar-refractivity contribution in [1.82, 2.24) is 10.1 Å². The first kappa shape index (κ1) is 15.9. The molecule has 0 spiro atoms. The fourth-order valence-electron chi connectivity index (χ4n) is 1.35. The van der Waals surface area contributed by atoms with Gasteiger partial charge in [-0.1, -0.05) is 30.8 Å². The largest absolute Gasteiger partial charge is 0.471 e. The molecular formula is C12H11BF3N3O. The summed E-state index contributed by atoms with van der Waals surface area (Å²) in [5.74, 6) is -1.51. The molecule has 0 unspecified atom stereocenters. The van der Waals surface area contributed by atoms with E-state index in [-0.39, 0.29) is 5.82 Å². The molecule has 0 aliphatic heterocycles. The second-order valence-electron chi connectivity index (χ2n) is 3.62. The number of rotatable bonds is 5. The Labute approximate surface area is 115 Å². The lowest BCUT2D eigenvalue weighted by molar-refractivity contribution is -0.159. The van der Waals surface area contributed by atoms with E-state index in [1.165, 1.54) is 12.3 Å². The van der Waals surface area contributed by atoms with Gasteiger partial charge in [0.25, 0.3) is 7.98 Å². The van der Waals surface area contributed by atoms with Crippen molar-refractivity contribution in [3.8, 4) is 0 Å². The van der Waals surface area contributed by atoms with E-state index in [9.17, 15) is 13.2 Å². The summed E-state index contributed by atoms with van der Waals surface area (Å²) in [4.78, 5) is 6.68. The van der Waals surface area contributed by atoms with Gasteiger partial charge >= 0.3 is 12.1 Å². The van der Waals surface area contributed by atoms with Crippen molar-refractivity contribution in [2.75, 3.05) is 0 Å². The minimum Gasteiger partial charge on any atom is -0.363 e. The normalized spacial score (nSPS) is 14.0. The Morgan fingerprint density at radius 3 is 2.65 bits per heavy atom. The van der Waals surface area contributed by atoms with Crippen molar-refractivity contribution in [1.29, 1.82) is 0 Å². The van der Waals surface area contributed by atoms with Gasteiger partial charge in [0, 0.05) is 11.8 Å². The Kier molecular flexibility index (Phi) is 5.48. The molecule has 104 valence electrons. The minimum absolute atomic E-state index is 0.125. The molecule has 1 heterocycles. The lowest BCUT2D eigenvalue weighted by atomic mass is 10.1. The van der Waals surface area contributed by atoms with Crippen LogP contribution >= 0.6 is 0 Å². The number of hydrogen-bond acceptors (Lipinski definition) is 4. The molecule has 0 amide bonds. The Bertz CT molecular complexity index is 559. The van der Waals surface area contributed by atoms with Crippen LogP contribution in [0.2, 0.25) is 0 Å². The van der Waals surface area contributed by atoms with Crippen LogP contribution in [-0.4, -0.2) is 24.3 Å². The fraction of sp³-hybridized carbons (Fsp3) is 0.250. The summed E-state index contributed by atoms with van der Waals surface area (Å²) in [5.41, 5.74) is 1.01. The van der Waals surface area contributed by atoms with Crippen molar-refractivity contribution in [2.24, 2.45) is 4.90 Å². The maximum Gasteiger partial charge on any atom is 0.471 e. The highest BCUT2D eigenvalue weighted by Gasteiger charge is 2.38. The van der Waals surface area contributed by atoms with E-state index in [0.717, 1.165) is 0 Å². The summed E-state index contributed by atoms with van der Waals surface area (Å²) in [6.45, 7) is 5.27. The lowest BCUT2D eigenvalue weighted by Crippen LogP contribution is -2.05. The van der Waals surface area contributed by atoms with E-state index in [0.29, 0.717) is 17.6 Å². The number of hydrogen-bond donors (Lipinski definition) is 0. The first-order valence-corrected chi connectivity index (χ1v) is 5.60. The zero-order valence-corrected chi connectivity index (χ0v) is 10.7. The van der Waals surface area contributed by atoms with Crippen LogP contribution in [0.1, 0.15) is 25.1 Å². The molecule has 1 aromatic heterocycles. The van der Waals surface area contributed by atoms with Crippen LogP contribution in [0.3, 0.4) is 0 Å². The van der Waals surface area contributed by atoms with E-state index in [4.69, 9.17) is 7.98 Å². The Hall–Kier alpha value is -2.12. The lowest BCUT2D eigenvalue weighted by Gasteiger charge is -1.99. The second kappa shape index (κ2) is 6.88. The maximum absolute atomic E-state index is 12.4. The Morgan fingerprint density at radius 2 is 2.20 bits per heavy atom. The molecule has 2 radical (unpaired) electrons. The van der Waals surface area contributed by atoms with Crippen LogP contribution in [0.25, 0.3) is 5.57 Å². The molecule has 0 aliphatic rings. The van der Waals surface area contributed by atoms with E-state index in [2.05, 4.69) is 26.1 Å². The van der Waals surface area contributed by atoms with E-state index >= 15 is 0 Å². The summed E-state index contributed by atoms with van der Waals surface area (Å²) < 4.78 is 41.4. The Balaban J connectivity index is 3.15. The zero-order chi connectivity index (χ0) is 15.2. The highest BCUT2D eigenvalue weighted by molar-refractivity contribution is 6.11. The number of allylic oxidation sites excluding steroid dienone is 5. The van der Waals surface area contributed by atoms with Gasteiger partial charge in [0.15, 0.2) is 5.82 Å². The van der Waals surface area contributed by atoms with Crippen molar-refractivity contribution in [2.45, 2.75) is 19.5 Å². The molecular weight excluding hydrogens is 270 g/mol. The molecule has 0 N–H and O–H groups in total. The van der Waals surface area contributed by atoms with Gasteiger partial charge in [0.2, 0.25) is 0 Å². The summed E-state index contributed by atoms with van der Waals surface area (Å²) in [6.07, 6.45) is 1.73. The number of halogens is 3.